The Morgan fingerprint density at radius 1 is 0.857 bits per heavy atom. The predicted molar refractivity (Wildman–Crippen MR) is 158 cm³/mol. The number of hydrogen-bond acceptors (Lipinski definition) is 7. The molecule has 0 saturated carbocycles. The molecule has 3 fully saturated rings. The van der Waals surface area contributed by atoms with E-state index in [0.717, 1.165) is 18.8 Å². The maximum Gasteiger partial charge on any atom is 0.251 e. The number of nitrogens with one attached hydrogen (secondary N) is 2. The number of ether oxygens (including phenoxy) is 1. The van der Waals surface area contributed by atoms with E-state index in [1.165, 1.54) is 11.8 Å². The topological polar surface area (TPSA) is 128 Å². The van der Waals surface area contributed by atoms with Gasteiger partial charge in [0.15, 0.2) is 5.78 Å². The quantitative estimate of drug-likeness (QED) is 0.428. The number of amides is 4. The van der Waals surface area contributed by atoms with Gasteiger partial charge in [-0.3, -0.25) is 24.0 Å². The van der Waals surface area contributed by atoms with E-state index in [2.05, 4.69) is 15.5 Å². The van der Waals surface area contributed by atoms with Gasteiger partial charge in [0, 0.05) is 37.8 Å². The minimum absolute atomic E-state index is 0.0944. The van der Waals surface area contributed by atoms with Crippen molar-refractivity contribution < 1.29 is 28.7 Å². The molecule has 11 nitrogen and oxygen atoms in total. The molecule has 3 saturated heterocycles. The van der Waals surface area contributed by atoms with Gasteiger partial charge in [0.2, 0.25) is 17.7 Å². The third-order valence-corrected chi connectivity index (χ3v) is 8.19. The Labute approximate surface area is 248 Å². The van der Waals surface area contributed by atoms with Crippen LogP contribution in [-0.2, 0) is 23.9 Å². The number of anilines is 1. The number of fused-ring (bicyclic) bond motifs is 1. The lowest BCUT2D eigenvalue weighted by molar-refractivity contribution is -0.138. The van der Waals surface area contributed by atoms with Crippen LogP contribution in [0.2, 0.25) is 0 Å². The number of carbonyl (C=O) groups is 5. The number of hydrogen-bond donors (Lipinski definition) is 2. The molecular formula is C31H45N5O6. The van der Waals surface area contributed by atoms with Gasteiger partial charge in [-0.2, -0.15) is 0 Å². The van der Waals surface area contributed by atoms with E-state index in [0.29, 0.717) is 44.6 Å². The first-order valence-corrected chi connectivity index (χ1v) is 15.1. The summed E-state index contributed by atoms with van der Waals surface area (Å²) in [7, 11) is 0. The first-order valence-electron chi connectivity index (χ1n) is 15.1. The van der Waals surface area contributed by atoms with Crippen LogP contribution < -0.4 is 15.5 Å². The summed E-state index contributed by atoms with van der Waals surface area (Å²) in [5.41, 5.74) is 1.47. The minimum atomic E-state index is -0.805. The molecule has 1 aromatic carbocycles. The third kappa shape index (κ3) is 7.29. The molecule has 42 heavy (non-hydrogen) atoms. The second-order valence-electron chi connectivity index (χ2n) is 12.4. The van der Waals surface area contributed by atoms with Crippen LogP contribution in [0, 0.1) is 11.8 Å². The van der Waals surface area contributed by atoms with E-state index in [-0.39, 0.29) is 47.8 Å². The molecule has 4 amide bonds. The zero-order valence-corrected chi connectivity index (χ0v) is 25.4. The van der Waals surface area contributed by atoms with Gasteiger partial charge in [-0.1, -0.05) is 27.7 Å². The van der Waals surface area contributed by atoms with E-state index in [9.17, 15) is 24.0 Å². The van der Waals surface area contributed by atoms with Crippen LogP contribution in [0.1, 0.15) is 64.2 Å². The Morgan fingerprint density at radius 3 is 2.00 bits per heavy atom. The number of rotatable bonds is 10. The van der Waals surface area contributed by atoms with Gasteiger partial charge in [-0.05, 0) is 55.4 Å². The molecule has 3 heterocycles. The molecule has 0 radical (unpaired) electrons. The summed E-state index contributed by atoms with van der Waals surface area (Å²) in [6, 6.07) is 4.60. The van der Waals surface area contributed by atoms with Crippen LogP contribution in [0.15, 0.2) is 24.3 Å². The highest BCUT2D eigenvalue weighted by atomic mass is 16.5. The Balaban J connectivity index is 1.46. The van der Waals surface area contributed by atoms with Crippen molar-refractivity contribution in [2.24, 2.45) is 11.8 Å². The summed E-state index contributed by atoms with van der Waals surface area (Å²) < 4.78 is 5.41. The van der Waals surface area contributed by atoms with Crippen LogP contribution in [0.3, 0.4) is 0 Å². The predicted octanol–water partition coefficient (Wildman–Crippen LogP) is 1.60. The first kappa shape index (κ1) is 31.5. The number of carbonyl (C=O) groups excluding carboxylic acids is 5. The lowest BCUT2D eigenvalue weighted by Crippen LogP contribution is -2.53. The largest absolute Gasteiger partial charge is 0.378 e. The lowest BCUT2D eigenvalue weighted by atomic mass is 10.0. The molecule has 3 aliphatic rings. The summed E-state index contributed by atoms with van der Waals surface area (Å²) >= 11 is 0. The Bertz CT molecular complexity index is 1160. The van der Waals surface area contributed by atoms with Gasteiger partial charge in [0.25, 0.3) is 5.91 Å². The molecular weight excluding hydrogens is 538 g/mol. The number of morpholine rings is 1. The van der Waals surface area contributed by atoms with Crippen molar-refractivity contribution in [1.82, 2.24) is 20.4 Å². The van der Waals surface area contributed by atoms with E-state index in [1.54, 1.807) is 17.0 Å². The maximum atomic E-state index is 13.9. The average molecular weight is 584 g/mol. The minimum Gasteiger partial charge on any atom is -0.378 e. The summed E-state index contributed by atoms with van der Waals surface area (Å²) in [5, 5.41) is 5.67. The third-order valence-electron chi connectivity index (χ3n) is 8.19. The highest BCUT2D eigenvalue weighted by Gasteiger charge is 2.53. The molecule has 4 unspecified atom stereocenters. The van der Waals surface area contributed by atoms with E-state index < -0.39 is 24.2 Å². The maximum absolute atomic E-state index is 13.9. The zero-order chi connectivity index (χ0) is 30.6. The molecule has 230 valence electrons. The Morgan fingerprint density at radius 2 is 1.43 bits per heavy atom. The van der Waals surface area contributed by atoms with Crippen molar-refractivity contribution in [2.45, 2.75) is 78.0 Å². The molecule has 4 rings (SSSR count). The average Bonchev–Trinajstić information content (AvgIpc) is 3.52. The lowest BCUT2D eigenvalue weighted by Gasteiger charge is -2.30. The molecule has 0 aliphatic carbocycles. The normalized spacial score (nSPS) is 21.9. The molecule has 1 aromatic rings. The highest BCUT2D eigenvalue weighted by molar-refractivity contribution is 6.01. The van der Waals surface area contributed by atoms with E-state index in [1.807, 2.05) is 39.8 Å². The van der Waals surface area contributed by atoms with Crippen molar-refractivity contribution in [3.05, 3.63) is 29.8 Å². The van der Waals surface area contributed by atoms with E-state index in [4.69, 9.17) is 4.74 Å². The smallest absolute Gasteiger partial charge is 0.251 e. The number of likely N-dealkylation sites (tertiary alicyclic amines) is 2. The fourth-order valence-corrected chi connectivity index (χ4v) is 6.28. The summed E-state index contributed by atoms with van der Waals surface area (Å²) in [6.07, 6.45) is 1.34. The SMILES string of the molecule is CC(=O)NC(CC(C)C)C(=O)N1CC(=O)C2C1CCN2C(=O)C(CC(C)C)NC(=O)c1ccc(N2CCOCC2)cc1. The summed E-state index contributed by atoms with van der Waals surface area (Å²) in [5.74, 6) is -1.16. The molecule has 2 N–H and O–H groups in total. The van der Waals surface area contributed by atoms with Gasteiger partial charge in [-0.25, -0.2) is 0 Å². The fourth-order valence-electron chi connectivity index (χ4n) is 6.28. The van der Waals surface area contributed by atoms with Crippen LogP contribution in [0.25, 0.3) is 0 Å². The molecule has 3 aliphatic heterocycles. The van der Waals surface area contributed by atoms with Crippen molar-refractivity contribution in [1.29, 1.82) is 0 Å². The molecule has 11 heteroatoms. The molecule has 0 bridgehead atoms. The van der Waals surface area contributed by atoms with Crippen LogP contribution in [-0.4, -0.2) is 103 Å². The Hall–Kier alpha value is -3.47. The second-order valence-corrected chi connectivity index (χ2v) is 12.4. The van der Waals surface area contributed by atoms with Gasteiger partial charge in [0.1, 0.15) is 18.1 Å². The van der Waals surface area contributed by atoms with Crippen LogP contribution in [0.5, 0.6) is 0 Å². The van der Waals surface area contributed by atoms with Crippen molar-refractivity contribution in [2.75, 3.05) is 44.3 Å². The standard InChI is InChI=1S/C31H45N5O6/c1-19(2)16-24(32-21(5)37)31(41)36-18-27(38)28-26(36)10-11-35(28)30(40)25(17-20(3)4)33-29(39)22-6-8-23(9-7-22)34-12-14-42-15-13-34/h6-9,19-20,24-26,28H,10-18H2,1-5H3,(H,32,37)(H,33,39). The molecule has 4 atom stereocenters. The monoisotopic (exact) mass is 583 g/mol. The van der Waals surface area contributed by atoms with Gasteiger partial charge in [-0.15, -0.1) is 0 Å². The summed E-state index contributed by atoms with van der Waals surface area (Å²) in [6.45, 7) is 12.4. The van der Waals surface area contributed by atoms with Gasteiger partial charge >= 0.3 is 0 Å². The number of benzene rings is 1. The summed E-state index contributed by atoms with van der Waals surface area (Å²) in [4.78, 5) is 70.9. The van der Waals surface area contributed by atoms with Crippen LogP contribution >= 0.6 is 0 Å². The number of nitrogens with zero attached hydrogens (tertiary/aromatic N) is 3. The highest BCUT2D eigenvalue weighted by Crippen LogP contribution is 2.32. The fraction of sp³-hybridized carbons (Fsp3) is 0.645. The van der Waals surface area contributed by atoms with Crippen molar-refractivity contribution >= 4 is 35.1 Å². The molecule has 0 aromatic heterocycles. The van der Waals surface area contributed by atoms with Crippen LogP contribution in [0.4, 0.5) is 5.69 Å². The van der Waals surface area contributed by atoms with E-state index >= 15 is 0 Å². The first-order chi connectivity index (χ1) is 20.0. The number of ketones is 1. The van der Waals surface area contributed by atoms with Gasteiger partial charge in [0.05, 0.1) is 25.8 Å². The second kappa shape index (κ2) is 13.7. The van der Waals surface area contributed by atoms with Gasteiger partial charge < -0.3 is 30.1 Å². The molecule has 0 spiro atoms. The number of Topliss-reactive ketones (excluding diaryl/α,β-unsaturated/α-hetero) is 1. The zero-order valence-electron chi connectivity index (χ0n) is 25.4. The van der Waals surface area contributed by atoms with Crippen molar-refractivity contribution in [3.63, 3.8) is 0 Å². The van der Waals surface area contributed by atoms with Crippen molar-refractivity contribution in [3.8, 4) is 0 Å². The Kier molecular flexibility index (Phi) is 10.2.